The summed E-state index contributed by atoms with van der Waals surface area (Å²) in [6.07, 6.45) is 4.46. The van der Waals surface area contributed by atoms with E-state index in [2.05, 4.69) is 31.1 Å². The molecule has 1 aromatic carbocycles. The van der Waals surface area contributed by atoms with Crippen LogP contribution in [0.4, 0.5) is 0 Å². The van der Waals surface area contributed by atoms with E-state index in [0.29, 0.717) is 0 Å². The molecule has 0 amide bonds. The molecule has 3 rings (SSSR count). The largest absolute Gasteiger partial charge is 0.316 e. The van der Waals surface area contributed by atoms with Crippen LogP contribution in [0.2, 0.25) is 0 Å². The molecular weight excluding hydrogens is 280 g/mol. The molecule has 2 heterocycles. The molecule has 1 aliphatic heterocycles. The fourth-order valence-corrected chi connectivity index (χ4v) is 3.24. The summed E-state index contributed by atoms with van der Waals surface area (Å²) in [6.45, 7) is 7.77. The summed E-state index contributed by atoms with van der Waals surface area (Å²) in [5.41, 5.74) is 2.34. The molecule has 0 saturated carbocycles. The lowest BCUT2D eigenvalue weighted by Gasteiger charge is -2.26. The van der Waals surface area contributed by atoms with Crippen LogP contribution in [0.3, 0.4) is 0 Å². The maximum Gasteiger partial charge on any atom is 0.207 e. The minimum atomic E-state index is 0.787. The van der Waals surface area contributed by atoms with E-state index in [1.54, 1.807) is 4.90 Å². The minimum absolute atomic E-state index is 0.787. The van der Waals surface area contributed by atoms with Crippen LogP contribution in [0.15, 0.2) is 30.6 Å². The van der Waals surface area contributed by atoms with Gasteiger partial charge in [-0.15, -0.1) is 0 Å². The van der Waals surface area contributed by atoms with Crippen molar-refractivity contribution in [3.63, 3.8) is 0 Å². The van der Waals surface area contributed by atoms with E-state index >= 15 is 0 Å². The molecule has 1 saturated heterocycles. The van der Waals surface area contributed by atoms with Gasteiger partial charge in [-0.3, -0.25) is 4.57 Å². The van der Waals surface area contributed by atoms with Gasteiger partial charge >= 0.3 is 0 Å². The molecule has 1 fully saturated rings. The zero-order chi connectivity index (χ0) is 14.8. The van der Waals surface area contributed by atoms with Crippen molar-refractivity contribution in [3.8, 4) is 5.69 Å². The third-order valence-corrected chi connectivity index (χ3v) is 4.87. The zero-order valence-corrected chi connectivity index (χ0v) is 13.6. The van der Waals surface area contributed by atoms with Crippen LogP contribution in [-0.2, 0) is 6.67 Å². The molecule has 1 aliphatic rings. The normalized spacial score (nSPS) is 22.4. The quantitative estimate of drug-likeness (QED) is 0.878. The average Bonchev–Trinajstić information content (AvgIpc) is 2.83. The van der Waals surface area contributed by atoms with Gasteiger partial charge in [0.05, 0.1) is 18.8 Å². The standard InChI is InChI=1S/C16H22N4S/c1-13-7-9-18(10-8-13)12-20-16(21)19(11-17-20)15-6-4-3-5-14(15)2/h3-6,11,13H,7-10,12H2,1-2H3/p+1. The number of para-hydroxylation sites is 1. The van der Waals surface area contributed by atoms with E-state index in [1.807, 2.05) is 27.7 Å². The molecule has 0 unspecified atom stereocenters. The highest BCUT2D eigenvalue weighted by molar-refractivity contribution is 7.71. The smallest absolute Gasteiger partial charge is 0.207 e. The molecule has 2 aromatic rings. The number of hydrogen-bond donors (Lipinski definition) is 1. The second-order valence-corrected chi connectivity index (χ2v) is 6.53. The van der Waals surface area contributed by atoms with Gasteiger partial charge in [0, 0.05) is 0 Å². The van der Waals surface area contributed by atoms with Crippen LogP contribution in [0.5, 0.6) is 0 Å². The van der Waals surface area contributed by atoms with Crippen LogP contribution in [0.1, 0.15) is 25.3 Å². The van der Waals surface area contributed by atoms with Gasteiger partial charge in [-0.05, 0) is 49.5 Å². The number of hydrogen-bond acceptors (Lipinski definition) is 2. The van der Waals surface area contributed by atoms with Gasteiger partial charge in [-0.2, -0.15) is 9.78 Å². The molecule has 0 spiro atoms. The summed E-state index contributed by atoms with van der Waals surface area (Å²) >= 11 is 5.61. The van der Waals surface area contributed by atoms with Crippen LogP contribution >= 0.6 is 12.2 Å². The van der Waals surface area contributed by atoms with Crippen molar-refractivity contribution in [3.05, 3.63) is 40.9 Å². The lowest BCUT2D eigenvalue weighted by Crippen LogP contribution is -3.12. The number of nitrogens with one attached hydrogen (secondary N) is 1. The number of aryl methyl sites for hydroxylation is 1. The van der Waals surface area contributed by atoms with Gasteiger partial charge in [0.1, 0.15) is 6.33 Å². The summed E-state index contributed by atoms with van der Waals surface area (Å²) in [4.78, 5) is 1.58. The highest BCUT2D eigenvalue weighted by atomic mass is 32.1. The van der Waals surface area contributed by atoms with Gasteiger partial charge in [0.25, 0.3) is 0 Å². The van der Waals surface area contributed by atoms with Crippen molar-refractivity contribution in [2.24, 2.45) is 5.92 Å². The summed E-state index contributed by atoms with van der Waals surface area (Å²) in [6, 6.07) is 8.28. The van der Waals surface area contributed by atoms with Crippen molar-refractivity contribution in [2.75, 3.05) is 13.1 Å². The van der Waals surface area contributed by atoms with Crippen LogP contribution in [-0.4, -0.2) is 27.4 Å². The maximum absolute atomic E-state index is 5.61. The van der Waals surface area contributed by atoms with E-state index in [0.717, 1.165) is 23.0 Å². The number of likely N-dealkylation sites (tertiary alicyclic amines) is 1. The fraction of sp³-hybridized carbons (Fsp3) is 0.500. The number of aromatic nitrogens is 3. The summed E-state index contributed by atoms with van der Waals surface area (Å²) in [7, 11) is 0. The lowest BCUT2D eigenvalue weighted by atomic mass is 10.00. The summed E-state index contributed by atoms with van der Waals surface area (Å²) in [5, 5.41) is 4.50. The second kappa shape index (κ2) is 6.12. The number of piperidine rings is 1. The van der Waals surface area contributed by atoms with E-state index in [-0.39, 0.29) is 0 Å². The van der Waals surface area contributed by atoms with Crippen LogP contribution < -0.4 is 4.90 Å². The molecule has 0 bridgehead atoms. The topological polar surface area (TPSA) is 27.2 Å². The van der Waals surface area contributed by atoms with Gasteiger partial charge in [-0.1, -0.05) is 25.1 Å². The number of rotatable bonds is 3. The van der Waals surface area contributed by atoms with Crippen molar-refractivity contribution < 1.29 is 4.90 Å². The maximum atomic E-state index is 5.61. The predicted octanol–water partition coefficient (Wildman–Crippen LogP) is 1.98. The first kappa shape index (κ1) is 14.5. The molecule has 4 nitrogen and oxygen atoms in total. The van der Waals surface area contributed by atoms with Crippen molar-refractivity contribution >= 4 is 12.2 Å². The average molecular weight is 303 g/mol. The first-order valence-corrected chi connectivity index (χ1v) is 8.10. The van der Waals surface area contributed by atoms with Gasteiger partial charge in [0.15, 0.2) is 6.67 Å². The first-order chi connectivity index (χ1) is 10.1. The first-order valence-electron chi connectivity index (χ1n) is 7.69. The Hall–Kier alpha value is -1.46. The lowest BCUT2D eigenvalue weighted by molar-refractivity contribution is -0.929. The Kier molecular flexibility index (Phi) is 4.22. The van der Waals surface area contributed by atoms with E-state index in [4.69, 9.17) is 12.2 Å². The Labute approximate surface area is 131 Å². The molecule has 112 valence electrons. The Bertz CT molecular complexity index is 665. The Balaban J connectivity index is 1.80. The van der Waals surface area contributed by atoms with Gasteiger partial charge in [0.2, 0.25) is 4.77 Å². The van der Waals surface area contributed by atoms with Gasteiger partial charge in [-0.25, -0.2) is 0 Å². The highest BCUT2D eigenvalue weighted by Gasteiger charge is 2.20. The number of quaternary nitrogens is 1. The Morgan fingerprint density at radius 2 is 2.00 bits per heavy atom. The molecule has 0 atom stereocenters. The van der Waals surface area contributed by atoms with Crippen molar-refractivity contribution in [1.29, 1.82) is 0 Å². The highest BCUT2D eigenvalue weighted by Crippen LogP contribution is 2.13. The molecule has 5 heteroatoms. The Morgan fingerprint density at radius 1 is 1.29 bits per heavy atom. The SMILES string of the molecule is Cc1ccccc1-n1cnn(C[NH+]2CCC(C)CC2)c1=S. The third kappa shape index (κ3) is 3.09. The minimum Gasteiger partial charge on any atom is -0.316 e. The molecule has 0 radical (unpaired) electrons. The fourth-order valence-electron chi connectivity index (χ4n) is 2.98. The monoisotopic (exact) mass is 303 g/mol. The van der Waals surface area contributed by atoms with E-state index < -0.39 is 0 Å². The molecule has 21 heavy (non-hydrogen) atoms. The summed E-state index contributed by atoms with van der Waals surface area (Å²) < 4.78 is 4.76. The van der Waals surface area contributed by atoms with Crippen molar-refractivity contribution in [1.82, 2.24) is 14.3 Å². The second-order valence-electron chi connectivity index (χ2n) is 6.16. The number of nitrogens with zero attached hydrogens (tertiary/aromatic N) is 3. The van der Waals surface area contributed by atoms with Crippen molar-refractivity contribution in [2.45, 2.75) is 33.4 Å². The molecule has 1 N–H and O–H groups in total. The zero-order valence-electron chi connectivity index (χ0n) is 12.7. The third-order valence-electron chi connectivity index (χ3n) is 4.46. The molecular formula is C16H23N4S+. The van der Waals surface area contributed by atoms with E-state index in [9.17, 15) is 0 Å². The summed E-state index contributed by atoms with van der Waals surface area (Å²) in [5.74, 6) is 0.867. The molecule has 1 aromatic heterocycles. The number of benzene rings is 1. The molecule has 0 aliphatic carbocycles. The van der Waals surface area contributed by atoms with Crippen LogP contribution in [0.25, 0.3) is 5.69 Å². The van der Waals surface area contributed by atoms with Crippen LogP contribution in [0, 0.1) is 17.6 Å². The van der Waals surface area contributed by atoms with E-state index in [1.165, 1.54) is 31.5 Å². The van der Waals surface area contributed by atoms with Gasteiger partial charge < -0.3 is 4.90 Å². The Morgan fingerprint density at radius 3 is 2.71 bits per heavy atom. The predicted molar refractivity (Wildman–Crippen MR) is 86.2 cm³/mol.